The molecule has 2 rings (SSSR count). The van der Waals surface area contributed by atoms with Crippen LogP contribution in [0.15, 0.2) is 41.5 Å². The maximum Gasteiger partial charge on any atom is 0.417 e. The number of carbonyl (C=O) groups is 2. The average molecular weight is 456 g/mol. The van der Waals surface area contributed by atoms with E-state index >= 15 is 0 Å². The maximum atomic E-state index is 12.8. The van der Waals surface area contributed by atoms with Crippen molar-refractivity contribution < 1.29 is 22.8 Å². The number of nitrogens with one attached hydrogen (secondary N) is 1. The van der Waals surface area contributed by atoms with Crippen LogP contribution in [0.5, 0.6) is 0 Å². The number of alkyl halides is 3. The van der Waals surface area contributed by atoms with Crippen molar-refractivity contribution in [1.82, 2.24) is 9.88 Å². The minimum Gasteiger partial charge on any atom is -0.369 e. The van der Waals surface area contributed by atoms with Gasteiger partial charge in [0.1, 0.15) is 5.69 Å². The number of halogens is 4. The molecule has 11 heteroatoms. The largest absolute Gasteiger partial charge is 0.417 e. The van der Waals surface area contributed by atoms with Gasteiger partial charge in [0.15, 0.2) is 5.96 Å². The number of nitrogens with two attached hydrogens (primary N) is 1. The van der Waals surface area contributed by atoms with Crippen molar-refractivity contribution in [1.29, 1.82) is 0 Å². The van der Waals surface area contributed by atoms with Gasteiger partial charge in [-0.15, -0.1) is 0 Å². The minimum absolute atomic E-state index is 0.0227. The molecule has 2 aromatic rings. The molecule has 0 spiro atoms. The molecule has 0 unspecified atom stereocenters. The number of aromatic nitrogens is 1. The smallest absolute Gasteiger partial charge is 0.369 e. The Morgan fingerprint density at radius 1 is 1.32 bits per heavy atom. The summed E-state index contributed by atoms with van der Waals surface area (Å²) in [6.45, 7) is 3.70. The number of guanidine groups is 1. The van der Waals surface area contributed by atoms with Gasteiger partial charge in [0, 0.05) is 18.9 Å². The van der Waals surface area contributed by atoms with E-state index in [9.17, 15) is 22.8 Å². The van der Waals surface area contributed by atoms with Gasteiger partial charge in [0.05, 0.1) is 16.1 Å². The minimum atomic E-state index is -4.62. The summed E-state index contributed by atoms with van der Waals surface area (Å²) in [4.78, 5) is 32.5. The Kier molecular flexibility index (Phi) is 7.27. The second-order valence-corrected chi connectivity index (χ2v) is 7.31. The summed E-state index contributed by atoms with van der Waals surface area (Å²) in [5.74, 6) is -0.743. The third-order valence-corrected chi connectivity index (χ3v) is 4.98. The molecule has 0 radical (unpaired) electrons. The predicted molar refractivity (Wildman–Crippen MR) is 112 cm³/mol. The normalized spacial score (nSPS) is 14.0. The third kappa shape index (κ3) is 5.72. The third-order valence-electron chi connectivity index (χ3n) is 4.70. The van der Waals surface area contributed by atoms with Crippen molar-refractivity contribution in [2.45, 2.75) is 32.0 Å². The number of nitrogens with zero attached hydrogens (tertiary/aromatic N) is 3. The molecule has 31 heavy (non-hydrogen) atoms. The molecule has 3 N–H and O–H groups in total. The summed E-state index contributed by atoms with van der Waals surface area (Å²) in [5.41, 5.74) is 4.72. The number of amides is 2. The van der Waals surface area contributed by atoms with E-state index < -0.39 is 28.2 Å². The highest BCUT2D eigenvalue weighted by molar-refractivity contribution is 6.34. The Balaban J connectivity index is 2.31. The zero-order chi connectivity index (χ0) is 23.4. The molecule has 0 bridgehead atoms. The van der Waals surface area contributed by atoms with Crippen LogP contribution in [0.4, 0.5) is 18.9 Å². The van der Waals surface area contributed by atoms with E-state index in [1.807, 2.05) is 13.8 Å². The van der Waals surface area contributed by atoms with Crippen molar-refractivity contribution in [3.05, 3.63) is 58.4 Å². The first-order valence-electron chi connectivity index (χ1n) is 9.09. The zero-order valence-electron chi connectivity index (χ0n) is 17.0. The van der Waals surface area contributed by atoms with Crippen molar-refractivity contribution in [2.24, 2.45) is 10.7 Å². The van der Waals surface area contributed by atoms with Crippen LogP contribution in [0, 0.1) is 0 Å². The van der Waals surface area contributed by atoms with Crippen LogP contribution in [0.3, 0.4) is 0 Å². The second kappa shape index (κ2) is 9.34. The summed E-state index contributed by atoms with van der Waals surface area (Å²) >= 11 is 5.84. The topological polar surface area (TPSA) is 101 Å². The van der Waals surface area contributed by atoms with Gasteiger partial charge < -0.3 is 11.1 Å². The fourth-order valence-electron chi connectivity index (χ4n) is 2.62. The summed E-state index contributed by atoms with van der Waals surface area (Å²) in [7, 11) is 1.47. The molecule has 1 heterocycles. The molecule has 0 fully saturated rings. The number of rotatable bonds is 6. The standard InChI is InChI=1S/C20H21ClF3N5O2/c1-4-19(2,28-18(25)29(3)11-30)12-6-5-7-14(8-12)27-17(31)16-15(21)9-13(10-26-16)20(22,23)24/h5-11H,4H2,1-3H3,(H2,25,28)(H,27,31)/t19-/m0/s1. The fourth-order valence-corrected chi connectivity index (χ4v) is 2.87. The van der Waals surface area contributed by atoms with E-state index in [1.54, 1.807) is 24.3 Å². The SMILES string of the molecule is CC[C@](C)(N=C(N)N(C)C=O)c1cccc(NC(=O)c2ncc(C(F)(F)F)cc2Cl)c1. The number of aliphatic imine (C=N–C) groups is 1. The number of hydrogen-bond donors (Lipinski definition) is 2. The number of pyridine rings is 1. The molecule has 2 amide bonds. The molecule has 1 aromatic heterocycles. The molecular formula is C20H21ClF3N5O2. The van der Waals surface area contributed by atoms with Gasteiger partial charge in [-0.05, 0) is 37.1 Å². The lowest BCUT2D eigenvalue weighted by Gasteiger charge is -2.26. The molecule has 0 saturated carbocycles. The second-order valence-electron chi connectivity index (χ2n) is 6.90. The van der Waals surface area contributed by atoms with E-state index in [0.29, 0.717) is 36.3 Å². The van der Waals surface area contributed by atoms with E-state index in [4.69, 9.17) is 17.3 Å². The lowest BCUT2D eigenvalue weighted by atomic mass is 9.89. The van der Waals surface area contributed by atoms with Gasteiger partial charge >= 0.3 is 6.18 Å². The Morgan fingerprint density at radius 2 is 2.00 bits per heavy atom. The molecule has 0 saturated heterocycles. The van der Waals surface area contributed by atoms with Crippen molar-refractivity contribution >= 4 is 35.6 Å². The van der Waals surface area contributed by atoms with Crippen molar-refractivity contribution in [3.8, 4) is 0 Å². The molecular weight excluding hydrogens is 435 g/mol. The molecule has 166 valence electrons. The Hall–Kier alpha value is -3.14. The van der Waals surface area contributed by atoms with Crippen LogP contribution in [0.1, 0.15) is 41.9 Å². The van der Waals surface area contributed by atoms with Crippen LogP contribution >= 0.6 is 11.6 Å². The summed E-state index contributed by atoms with van der Waals surface area (Å²) in [6.07, 6.45) is -3.01. The highest BCUT2D eigenvalue weighted by atomic mass is 35.5. The molecule has 7 nitrogen and oxygen atoms in total. The van der Waals surface area contributed by atoms with Gasteiger partial charge in [-0.1, -0.05) is 30.7 Å². The molecule has 1 aromatic carbocycles. The maximum absolute atomic E-state index is 12.8. The van der Waals surface area contributed by atoms with Gasteiger partial charge in [-0.3, -0.25) is 14.5 Å². The van der Waals surface area contributed by atoms with E-state index in [-0.39, 0.29) is 11.7 Å². The first-order chi connectivity index (χ1) is 14.4. The monoisotopic (exact) mass is 455 g/mol. The predicted octanol–water partition coefficient (Wildman–Crippen LogP) is 4.03. The van der Waals surface area contributed by atoms with Crippen LogP contribution < -0.4 is 11.1 Å². The first-order valence-corrected chi connectivity index (χ1v) is 9.47. The summed E-state index contributed by atoms with van der Waals surface area (Å²) < 4.78 is 38.3. The number of hydrogen-bond acceptors (Lipinski definition) is 4. The molecule has 1 atom stereocenters. The highest BCUT2D eigenvalue weighted by Crippen LogP contribution is 2.32. The van der Waals surface area contributed by atoms with E-state index in [1.165, 1.54) is 7.05 Å². The molecule has 0 aliphatic heterocycles. The van der Waals surface area contributed by atoms with Crippen LogP contribution in [-0.4, -0.2) is 35.2 Å². The Bertz CT molecular complexity index is 1010. The average Bonchev–Trinajstić information content (AvgIpc) is 2.72. The Labute approximate surface area is 182 Å². The van der Waals surface area contributed by atoms with E-state index in [0.717, 1.165) is 4.90 Å². The van der Waals surface area contributed by atoms with Crippen molar-refractivity contribution in [2.75, 3.05) is 12.4 Å². The fraction of sp³-hybridized carbons (Fsp3) is 0.300. The lowest BCUT2D eigenvalue weighted by molar-refractivity contribution is -0.137. The number of carbonyl (C=O) groups excluding carboxylic acids is 2. The molecule has 0 aliphatic carbocycles. The number of anilines is 1. The highest BCUT2D eigenvalue weighted by Gasteiger charge is 2.32. The van der Waals surface area contributed by atoms with Gasteiger partial charge in [0.25, 0.3) is 5.91 Å². The molecule has 0 aliphatic rings. The van der Waals surface area contributed by atoms with Gasteiger partial charge in [-0.25, -0.2) is 9.98 Å². The van der Waals surface area contributed by atoms with E-state index in [2.05, 4.69) is 15.3 Å². The summed E-state index contributed by atoms with van der Waals surface area (Å²) in [5, 5.41) is 2.15. The number of benzene rings is 1. The summed E-state index contributed by atoms with van der Waals surface area (Å²) in [6, 6.07) is 7.35. The van der Waals surface area contributed by atoms with Crippen molar-refractivity contribution in [3.63, 3.8) is 0 Å². The zero-order valence-corrected chi connectivity index (χ0v) is 17.8. The van der Waals surface area contributed by atoms with Crippen LogP contribution in [0.2, 0.25) is 5.02 Å². The lowest BCUT2D eigenvalue weighted by Crippen LogP contribution is -2.36. The quantitative estimate of drug-likeness (QED) is 0.390. The van der Waals surface area contributed by atoms with Crippen LogP contribution in [-0.2, 0) is 16.5 Å². The Morgan fingerprint density at radius 3 is 2.55 bits per heavy atom. The van der Waals surface area contributed by atoms with Crippen LogP contribution in [0.25, 0.3) is 0 Å². The first kappa shape index (κ1) is 24.1. The van der Waals surface area contributed by atoms with Gasteiger partial charge in [-0.2, -0.15) is 13.2 Å². The van der Waals surface area contributed by atoms with Gasteiger partial charge in [0.2, 0.25) is 6.41 Å².